The van der Waals surface area contributed by atoms with Gasteiger partial charge in [0.25, 0.3) is 0 Å². The lowest BCUT2D eigenvalue weighted by molar-refractivity contribution is 0.726. The molecule has 0 aliphatic carbocycles. The van der Waals surface area contributed by atoms with Crippen molar-refractivity contribution >= 4 is 11.4 Å². The minimum absolute atomic E-state index is 0.907. The summed E-state index contributed by atoms with van der Waals surface area (Å²) in [4.78, 5) is 2.26. The quantitative estimate of drug-likeness (QED) is 0.847. The van der Waals surface area contributed by atoms with Crippen molar-refractivity contribution in [3.05, 3.63) is 59.7 Å². The fourth-order valence-corrected chi connectivity index (χ4v) is 2.34. The third-order valence-electron chi connectivity index (χ3n) is 3.65. The molecule has 2 nitrogen and oxygen atoms in total. The number of nitrogens with one attached hydrogen (secondary N) is 1. The Morgan fingerprint density at radius 3 is 2.30 bits per heavy atom. The summed E-state index contributed by atoms with van der Waals surface area (Å²) in [5.74, 6) is 0. The molecule has 0 bridgehead atoms. The van der Waals surface area contributed by atoms with Crippen LogP contribution in [0.5, 0.6) is 0 Å². The molecule has 0 radical (unpaired) electrons. The lowest BCUT2D eigenvalue weighted by Gasteiger charge is -2.23. The number of rotatable bonds is 6. The van der Waals surface area contributed by atoms with Crippen LogP contribution >= 0.6 is 0 Å². The van der Waals surface area contributed by atoms with E-state index in [0.717, 1.165) is 19.5 Å². The van der Waals surface area contributed by atoms with E-state index in [9.17, 15) is 0 Å². The van der Waals surface area contributed by atoms with Crippen LogP contribution in [0.3, 0.4) is 0 Å². The van der Waals surface area contributed by atoms with Gasteiger partial charge in [0.15, 0.2) is 0 Å². The molecule has 0 heterocycles. The summed E-state index contributed by atoms with van der Waals surface area (Å²) in [6.45, 7) is 6.22. The van der Waals surface area contributed by atoms with Crippen LogP contribution in [0.25, 0.3) is 0 Å². The highest BCUT2D eigenvalue weighted by atomic mass is 15.1. The van der Waals surface area contributed by atoms with Gasteiger partial charge >= 0.3 is 0 Å². The standard InChI is InChI=1S/C18H24N2/c1-4-15-10-12-17(13-11-15)20(3)18-9-7-6-8-16(18)14-19-5-2/h6-13,19H,4-5,14H2,1-3H3. The molecule has 2 aromatic rings. The van der Waals surface area contributed by atoms with Crippen LogP contribution in [0.4, 0.5) is 11.4 Å². The minimum atomic E-state index is 0.907. The van der Waals surface area contributed by atoms with Gasteiger partial charge in [0, 0.05) is 25.0 Å². The topological polar surface area (TPSA) is 15.3 Å². The van der Waals surface area contributed by atoms with Gasteiger partial charge in [-0.3, -0.25) is 0 Å². The van der Waals surface area contributed by atoms with Crippen molar-refractivity contribution in [2.45, 2.75) is 26.8 Å². The molecule has 1 N–H and O–H groups in total. The average molecular weight is 268 g/mol. The highest BCUT2D eigenvalue weighted by Gasteiger charge is 2.08. The van der Waals surface area contributed by atoms with E-state index in [1.54, 1.807) is 0 Å². The first-order chi connectivity index (χ1) is 9.76. The van der Waals surface area contributed by atoms with Crippen molar-refractivity contribution < 1.29 is 0 Å². The van der Waals surface area contributed by atoms with Gasteiger partial charge in [-0.05, 0) is 42.3 Å². The third-order valence-corrected chi connectivity index (χ3v) is 3.65. The Hall–Kier alpha value is -1.80. The lowest BCUT2D eigenvalue weighted by atomic mass is 10.1. The first kappa shape index (κ1) is 14.6. The van der Waals surface area contributed by atoms with Crippen molar-refractivity contribution in [1.29, 1.82) is 0 Å². The number of hydrogen-bond donors (Lipinski definition) is 1. The van der Waals surface area contributed by atoms with Gasteiger partial charge in [-0.15, -0.1) is 0 Å². The van der Waals surface area contributed by atoms with Crippen molar-refractivity contribution in [2.75, 3.05) is 18.5 Å². The summed E-state index contributed by atoms with van der Waals surface area (Å²) < 4.78 is 0. The normalized spacial score (nSPS) is 10.6. The monoisotopic (exact) mass is 268 g/mol. The summed E-state index contributed by atoms with van der Waals surface area (Å²) >= 11 is 0. The predicted octanol–water partition coefficient (Wildman–Crippen LogP) is 4.13. The van der Waals surface area contributed by atoms with E-state index in [1.165, 1.54) is 22.5 Å². The Balaban J connectivity index is 2.24. The number of benzene rings is 2. The second-order valence-electron chi connectivity index (χ2n) is 4.99. The fraction of sp³-hybridized carbons (Fsp3) is 0.333. The molecule has 0 aliphatic rings. The van der Waals surface area contributed by atoms with Crippen molar-refractivity contribution in [3.8, 4) is 0 Å². The number of aryl methyl sites for hydroxylation is 1. The Labute approximate surface area is 122 Å². The van der Waals surface area contributed by atoms with Crippen LogP contribution in [0, 0.1) is 0 Å². The maximum absolute atomic E-state index is 3.40. The minimum Gasteiger partial charge on any atom is -0.344 e. The van der Waals surface area contributed by atoms with Gasteiger partial charge in [-0.1, -0.05) is 44.2 Å². The number of anilines is 2. The zero-order chi connectivity index (χ0) is 14.4. The van der Waals surface area contributed by atoms with E-state index in [4.69, 9.17) is 0 Å². The second kappa shape index (κ2) is 7.11. The van der Waals surface area contributed by atoms with Crippen LogP contribution in [-0.4, -0.2) is 13.6 Å². The highest BCUT2D eigenvalue weighted by Crippen LogP contribution is 2.27. The van der Waals surface area contributed by atoms with Gasteiger partial charge in [-0.25, -0.2) is 0 Å². The van der Waals surface area contributed by atoms with Crippen LogP contribution < -0.4 is 10.2 Å². The Morgan fingerprint density at radius 2 is 1.65 bits per heavy atom. The third kappa shape index (κ3) is 3.40. The van der Waals surface area contributed by atoms with Gasteiger partial charge in [0.05, 0.1) is 0 Å². The molecule has 0 aromatic heterocycles. The van der Waals surface area contributed by atoms with Crippen LogP contribution in [0.2, 0.25) is 0 Å². The van der Waals surface area contributed by atoms with Crippen LogP contribution in [0.1, 0.15) is 25.0 Å². The summed E-state index contributed by atoms with van der Waals surface area (Å²) in [5, 5.41) is 3.40. The van der Waals surface area contributed by atoms with E-state index in [2.05, 4.69) is 79.6 Å². The maximum atomic E-state index is 3.40. The summed E-state index contributed by atoms with van der Waals surface area (Å²) in [7, 11) is 2.13. The molecule has 2 aromatic carbocycles. The van der Waals surface area contributed by atoms with E-state index in [1.807, 2.05) is 0 Å². The molecule has 2 rings (SSSR count). The van der Waals surface area contributed by atoms with Crippen LogP contribution in [-0.2, 0) is 13.0 Å². The molecule has 0 fully saturated rings. The molecular formula is C18H24N2. The SMILES string of the molecule is CCNCc1ccccc1N(C)c1ccc(CC)cc1. The number of para-hydroxylation sites is 1. The molecule has 2 heteroatoms. The zero-order valence-corrected chi connectivity index (χ0v) is 12.7. The molecule has 0 spiro atoms. The van der Waals surface area contributed by atoms with Gasteiger partial charge < -0.3 is 10.2 Å². The molecule has 0 unspecified atom stereocenters. The molecule has 0 atom stereocenters. The van der Waals surface area contributed by atoms with E-state index >= 15 is 0 Å². The van der Waals surface area contributed by atoms with E-state index in [-0.39, 0.29) is 0 Å². The second-order valence-corrected chi connectivity index (χ2v) is 4.99. The highest BCUT2D eigenvalue weighted by molar-refractivity contribution is 5.65. The largest absolute Gasteiger partial charge is 0.344 e. The smallest absolute Gasteiger partial charge is 0.0453 e. The Kier molecular flexibility index (Phi) is 5.19. The van der Waals surface area contributed by atoms with E-state index in [0.29, 0.717) is 0 Å². The molecular weight excluding hydrogens is 244 g/mol. The first-order valence-electron chi connectivity index (χ1n) is 7.37. The summed E-state index contributed by atoms with van der Waals surface area (Å²) in [6, 6.07) is 17.4. The molecule has 0 saturated carbocycles. The lowest BCUT2D eigenvalue weighted by Crippen LogP contribution is -2.17. The molecule has 0 saturated heterocycles. The summed E-state index contributed by atoms with van der Waals surface area (Å²) in [6.07, 6.45) is 1.08. The molecule has 0 aliphatic heterocycles. The number of nitrogens with zero attached hydrogens (tertiary/aromatic N) is 1. The van der Waals surface area contributed by atoms with Crippen molar-refractivity contribution in [1.82, 2.24) is 5.32 Å². The van der Waals surface area contributed by atoms with Gasteiger partial charge in [-0.2, -0.15) is 0 Å². The first-order valence-corrected chi connectivity index (χ1v) is 7.37. The van der Waals surface area contributed by atoms with Crippen molar-refractivity contribution in [2.24, 2.45) is 0 Å². The fourth-order valence-electron chi connectivity index (χ4n) is 2.34. The molecule has 0 amide bonds. The summed E-state index contributed by atoms with van der Waals surface area (Å²) in [5.41, 5.74) is 5.20. The van der Waals surface area contributed by atoms with Crippen LogP contribution in [0.15, 0.2) is 48.5 Å². The Morgan fingerprint density at radius 1 is 0.950 bits per heavy atom. The molecule has 20 heavy (non-hydrogen) atoms. The average Bonchev–Trinajstić information content (AvgIpc) is 2.52. The zero-order valence-electron chi connectivity index (χ0n) is 12.7. The predicted molar refractivity (Wildman–Crippen MR) is 87.7 cm³/mol. The van der Waals surface area contributed by atoms with Gasteiger partial charge in [0.2, 0.25) is 0 Å². The maximum Gasteiger partial charge on any atom is 0.0453 e. The van der Waals surface area contributed by atoms with E-state index < -0.39 is 0 Å². The van der Waals surface area contributed by atoms with Crippen molar-refractivity contribution in [3.63, 3.8) is 0 Å². The molecule has 106 valence electrons. The van der Waals surface area contributed by atoms with Gasteiger partial charge in [0.1, 0.15) is 0 Å². The Bertz CT molecular complexity index is 531. The number of hydrogen-bond acceptors (Lipinski definition) is 2.